The van der Waals surface area contributed by atoms with E-state index in [-0.39, 0.29) is 0 Å². The first-order chi connectivity index (χ1) is 8.44. The molecule has 0 unspecified atom stereocenters. The maximum Gasteiger partial charge on any atom is 0.126 e. The Morgan fingerprint density at radius 1 is 1.28 bits per heavy atom. The molecule has 0 amide bonds. The standard InChI is InChI=1S/C14H14ClN3/c1-9-12(10-4-6-11(15)7-5-10)18-13(17-9)14(2,3)8-16/h4-7H,1-3H3,(H,17,18). The van der Waals surface area contributed by atoms with Crippen LogP contribution in [-0.4, -0.2) is 9.97 Å². The van der Waals surface area contributed by atoms with Crippen LogP contribution in [0.3, 0.4) is 0 Å². The maximum atomic E-state index is 9.13. The van der Waals surface area contributed by atoms with Crippen LogP contribution < -0.4 is 0 Å². The number of nitrogens with zero attached hydrogens (tertiary/aromatic N) is 2. The Morgan fingerprint density at radius 3 is 2.44 bits per heavy atom. The molecule has 0 radical (unpaired) electrons. The summed E-state index contributed by atoms with van der Waals surface area (Å²) < 4.78 is 0. The van der Waals surface area contributed by atoms with E-state index in [4.69, 9.17) is 16.9 Å². The van der Waals surface area contributed by atoms with Crippen LogP contribution in [0.4, 0.5) is 0 Å². The molecule has 2 aromatic rings. The van der Waals surface area contributed by atoms with Crippen LogP contribution in [0, 0.1) is 18.3 Å². The number of rotatable bonds is 2. The number of aromatic amines is 1. The Bertz CT molecular complexity index is 603. The zero-order valence-electron chi connectivity index (χ0n) is 10.6. The number of aromatic nitrogens is 2. The molecule has 0 fully saturated rings. The lowest BCUT2D eigenvalue weighted by molar-refractivity contribution is 0.638. The number of nitriles is 1. The molecular formula is C14H14ClN3. The van der Waals surface area contributed by atoms with Crippen LogP contribution in [0.1, 0.15) is 25.4 Å². The number of imidazole rings is 1. The van der Waals surface area contributed by atoms with Crippen molar-refractivity contribution in [1.29, 1.82) is 5.26 Å². The minimum Gasteiger partial charge on any atom is -0.344 e. The second-order valence-corrected chi connectivity index (χ2v) is 5.24. The van der Waals surface area contributed by atoms with Gasteiger partial charge in [0.15, 0.2) is 0 Å². The van der Waals surface area contributed by atoms with Gasteiger partial charge in [-0.3, -0.25) is 0 Å². The molecule has 0 spiro atoms. The quantitative estimate of drug-likeness (QED) is 0.891. The van der Waals surface area contributed by atoms with Gasteiger partial charge in [-0.1, -0.05) is 23.7 Å². The van der Waals surface area contributed by atoms with E-state index in [0.717, 1.165) is 17.0 Å². The summed E-state index contributed by atoms with van der Waals surface area (Å²) in [5.74, 6) is 0.687. The fourth-order valence-corrected chi connectivity index (χ4v) is 1.82. The normalized spacial score (nSPS) is 11.3. The summed E-state index contributed by atoms with van der Waals surface area (Å²) in [6.07, 6.45) is 0. The lowest BCUT2D eigenvalue weighted by atomic mass is 9.95. The van der Waals surface area contributed by atoms with Crippen molar-refractivity contribution >= 4 is 11.6 Å². The fourth-order valence-electron chi connectivity index (χ4n) is 1.70. The Balaban J connectivity index is 2.48. The summed E-state index contributed by atoms with van der Waals surface area (Å²) in [5.41, 5.74) is 2.20. The summed E-state index contributed by atoms with van der Waals surface area (Å²) in [4.78, 5) is 7.71. The average molecular weight is 260 g/mol. The highest BCUT2D eigenvalue weighted by Crippen LogP contribution is 2.27. The molecule has 2 rings (SSSR count). The Morgan fingerprint density at radius 2 is 1.89 bits per heavy atom. The molecule has 0 saturated carbocycles. The van der Waals surface area contributed by atoms with Crippen LogP contribution in [0.5, 0.6) is 0 Å². The Labute approximate surface area is 111 Å². The van der Waals surface area contributed by atoms with Crippen molar-refractivity contribution in [3.8, 4) is 17.3 Å². The van der Waals surface area contributed by atoms with Gasteiger partial charge in [-0.25, -0.2) is 4.98 Å². The van der Waals surface area contributed by atoms with Gasteiger partial charge in [0, 0.05) is 16.3 Å². The van der Waals surface area contributed by atoms with Crippen LogP contribution in [-0.2, 0) is 5.41 Å². The van der Waals surface area contributed by atoms with Gasteiger partial charge in [0.05, 0.1) is 11.8 Å². The molecule has 0 saturated heterocycles. The van der Waals surface area contributed by atoms with Crippen LogP contribution in [0.25, 0.3) is 11.3 Å². The van der Waals surface area contributed by atoms with Crippen molar-refractivity contribution in [3.63, 3.8) is 0 Å². The molecule has 1 aromatic heterocycles. The number of halogens is 1. The molecule has 0 aliphatic carbocycles. The second-order valence-electron chi connectivity index (χ2n) is 4.80. The van der Waals surface area contributed by atoms with Crippen molar-refractivity contribution in [2.75, 3.05) is 0 Å². The first kappa shape index (κ1) is 12.7. The molecule has 1 heterocycles. The van der Waals surface area contributed by atoms with E-state index in [1.54, 1.807) is 0 Å². The van der Waals surface area contributed by atoms with E-state index in [2.05, 4.69) is 16.0 Å². The zero-order valence-corrected chi connectivity index (χ0v) is 11.3. The third-order valence-corrected chi connectivity index (χ3v) is 3.13. The van der Waals surface area contributed by atoms with Gasteiger partial charge in [0.2, 0.25) is 0 Å². The summed E-state index contributed by atoms with van der Waals surface area (Å²) in [6, 6.07) is 9.76. The van der Waals surface area contributed by atoms with Crippen molar-refractivity contribution in [2.24, 2.45) is 0 Å². The summed E-state index contributed by atoms with van der Waals surface area (Å²) in [6.45, 7) is 5.64. The van der Waals surface area contributed by atoms with Gasteiger partial charge in [0.1, 0.15) is 11.2 Å². The third kappa shape index (κ3) is 2.25. The Kier molecular flexibility index (Phi) is 3.14. The molecule has 0 aliphatic heterocycles. The summed E-state index contributed by atoms with van der Waals surface area (Å²) in [5, 5.41) is 9.83. The molecule has 1 aromatic carbocycles. The highest BCUT2D eigenvalue weighted by Gasteiger charge is 2.25. The molecule has 1 N–H and O–H groups in total. The van der Waals surface area contributed by atoms with Gasteiger partial charge in [-0.05, 0) is 32.9 Å². The van der Waals surface area contributed by atoms with Gasteiger partial charge in [-0.15, -0.1) is 0 Å². The lowest BCUT2D eigenvalue weighted by Crippen LogP contribution is -2.15. The van der Waals surface area contributed by atoms with E-state index in [1.807, 2.05) is 45.0 Å². The number of aryl methyl sites for hydroxylation is 1. The smallest absolute Gasteiger partial charge is 0.126 e. The molecule has 3 nitrogen and oxygen atoms in total. The maximum absolute atomic E-state index is 9.13. The van der Waals surface area contributed by atoms with Crippen molar-refractivity contribution in [3.05, 3.63) is 40.8 Å². The number of H-pyrrole nitrogens is 1. The molecule has 0 aliphatic rings. The van der Waals surface area contributed by atoms with Gasteiger partial charge < -0.3 is 4.98 Å². The third-order valence-electron chi connectivity index (χ3n) is 2.87. The van der Waals surface area contributed by atoms with Crippen molar-refractivity contribution in [1.82, 2.24) is 9.97 Å². The summed E-state index contributed by atoms with van der Waals surface area (Å²) >= 11 is 5.87. The first-order valence-corrected chi connectivity index (χ1v) is 6.06. The Hall–Kier alpha value is -1.79. The van der Waals surface area contributed by atoms with Crippen molar-refractivity contribution < 1.29 is 0 Å². The highest BCUT2D eigenvalue weighted by atomic mass is 35.5. The molecule has 0 atom stereocenters. The van der Waals surface area contributed by atoms with Gasteiger partial charge >= 0.3 is 0 Å². The number of nitrogens with one attached hydrogen (secondary N) is 1. The number of benzene rings is 1. The monoisotopic (exact) mass is 259 g/mol. The number of hydrogen-bond acceptors (Lipinski definition) is 2. The van der Waals surface area contributed by atoms with E-state index in [9.17, 15) is 0 Å². The minimum atomic E-state index is -0.616. The molecule has 18 heavy (non-hydrogen) atoms. The second kappa shape index (κ2) is 4.47. The fraction of sp³-hybridized carbons (Fsp3) is 0.286. The van der Waals surface area contributed by atoms with Crippen LogP contribution in [0.15, 0.2) is 24.3 Å². The highest BCUT2D eigenvalue weighted by molar-refractivity contribution is 6.30. The van der Waals surface area contributed by atoms with Gasteiger partial charge in [0.25, 0.3) is 0 Å². The first-order valence-electron chi connectivity index (χ1n) is 5.68. The molecule has 0 bridgehead atoms. The van der Waals surface area contributed by atoms with Crippen LogP contribution >= 0.6 is 11.6 Å². The molecular weight excluding hydrogens is 246 g/mol. The molecule has 92 valence electrons. The SMILES string of the molecule is Cc1[nH]c(C(C)(C)C#N)nc1-c1ccc(Cl)cc1. The topological polar surface area (TPSA) is 52.5 Å². The van der Waals surface area contributed by atoms with E-state index >= 15 is 0 Å². The largest absolute Gasteiger partial charge is 0.344 e. The van der Waals surface area contributed by atoms with Crippen molar-refractivity contribution in [2.45, 2.75) is 26.2 Å². The lowest BCUT2D eigenvalue weighted by Gasteiger charge is -2.10. The van der Waals surface area contributed by atoms with E-state index < -0.39 is 5.41 Å². The van der Waals surface area contributed by atoms with Gasteiger partial charge in [-0.2, -0.15) is 5.26 Å². The average Bonchev–Trinajstić information content (AvgIpc) is 2.73. The van der Waals surface area contributed by atoms with E-state index in [1.165, 1.54) is 0 Å². The predicted octanol–water partition coefficient (Wildman–Crippen LogP) is 3.84. The minimum absolute atomic E-state index is 0.616. The van der Waals surface area contributed by atoms with E-state index in [0.29, 0.717) is 10.8 Å². The zero-order chi connectivity index (χ0) is 13.3. The summed E-state index contributed by atoms with van der Waals surface area (Å²) in [7, 11) is 0. The van der Waals surface area contributed by atoms with Crippen LogP contribution in [0.2, 0.25) is 5.02 Å². The predicted molar refractivity (Wildman–Crippen MR) is 72.4 cm³/mol. The number of hydrogen-bond donors (Lipinski definition) is 1. The molecule has 4 heteroatoms.